The van der Waals surface area contributed by atoms with Gasteiger partial charge in [-0.1, -0.05) is 13.8 Å². The van der Waals surface area contributed by atoms with Crippen LogP contribution in [0.3, 0.4) is 0 Å². The molecule has 0 saturated carbocycles. The van der Waals surface area contributed by atoms with Crippen molar-refractivity contribution in [1.82, 2.24) is 9.78 Å². The summed E-state index contributed by atoms with van der Waals surface area (Å²) in [7, 11) is 0. The summed E-state index contributed by atoms with van der Waals surface area (Å²) in [5, 5.41) is 4.30. The normalized spacial score (nSPS) is 12.0. The Bertz CT molecular complexity index is 250. The molecule has 0 fully saturated rings. The number of nitrogens with two attached hydrogens (primary N) is 1. The third-order valence-electron chi connectivity index (χ3n) is 1.92. The lowest BCUT2D eigenvalue weighted by atomic mass is 9.94. The fourth-order valence-corrected chi connectivity index (χ4v) is 1.05. The van der Waals surface area contributed by atoms with Crippen molar-refractivity contribution < 1.29 is 0 Å². The maximum Gasteiger partial charge on any atom is 0.0593 e. The van der Waals surface area contributed by atoms with Gasteiger partial charge >= 0.3 is 0 Å². The van der Waals surface area contributed by atoms with Gasteiger partial charge in [-0.15, -0.1) is 0 Å². The third-order valence-corrected chi connectivity index (χ3v) is 1.92. The molecule has 1 heterocycles. The first-order chi connectivity index (χ1) is 5.53. The van der Waals surface area contributed by atoms with Gasteiger partial charge in [-0.05, 0) is 24.9 Å². The monoisotopic (exact) mass is 167 g/mol. The van der Waals surface area contributed by atoms with E-state index in [0.29, 0.717) is 6.54 Å². The smallest absolute Gasteiger partial charge is 0.0593 e. The number of aromatic nitrogens is 2. The van der Waals surface area contributed by atoms with Crippen LogP contribution >= 0.6 is 0 Å². The average molecular weight is 167 g/mol. The van der Waals surface area contributed by atoms with Gasteiger partial charge in [-0.25, -0.2) is 0 Å². The number of hydrogen-bond donors (Lipinski definition) is 1. The van der Waals surface area contributed by atoms with Gasteiger partial charge in [0.2, 0.25) is 0 Å². The van der Waals surface area contributed by atoms with E-state index in [1.807, 2.05) is 23.9 Å². The first kappa shape index (κ1) is 9.26. The molecule has 68 valence electrons. The molecular formula is C9H17N3. The van der Waals surface area contributed by atoms with Crippen LogP contribution < -0.4 is 5.73 Å². The van der Waals surface area contributed by atoms with Gasteiger partial charge in [-0.3, -0.25) is 4.68 Å². The Hall–Kier alpha value is -0.830. The molecule has 0 amide bonds. The van der Waals surface area contributed by atoms with E-state index >= 15 is 0 Å². The summed E-state index contributed by atoms with van der Waals surface area (Å²) in [4.78, 5) is 0. The number of rotatable bonds is 3. The molecule has 0 aliphatic carbocycles. The van der Waals surface area contributed by atoms with E-state index in [0.717, 1.165) is 12.2 Å². The molecule has 0 atom stereocenters. The predicted octanol–water partition coefficient (Wildman–Crippen LogP) is 1.18. The first-order valence-corrected chi connectivity index (χ1v) is 4.24. The minimum Gasteiger partial charge on any atom is -0.330 e. The topological polar surface area (TPSA) is 43.8 Å². The van der Waals surface area contributed by atoms with Crippen molar-refractivity contribution in [3.8, 4) is 0 Å². The fourth-order valence-electron chi connectivity index (χ4n) is 1.05. The Kier molecular flexibility index (Phi) is 2.52. The highest BCUT2D eigenvalue weighted by Gasteiger charge is 2.16. The number of hydrogen-bond acceptors (Lipinski definition) is 2. The van der Waals surface area contributed by atoms with Crippen molar-refractivity contribution in [3.05, 3.63) is 18.0 Å². The van der Waals surface area contributed by atoms with Crippen molar-refractivity contribution in [1.29, 1.82) is 0 Å². The average Bonchev–Trinajstić information content (AvgIpc) is 2.35. The molecule has 2 N–H and O–H groups in total. The molecular weight excluding hydrogens is 150 g/mol. The second-order valence-corrected chi connectivity index (χ2v) is 4.02. The maximum absolute atomic E-state index is 5.62. The Labute approximate surface area is 73.6 Å². The van der Waals surface area contributed by atoms with Gasteiger partial charge in [0.25, 0.3) is 0 Å². The molecule has 1 aromatic rings. The standard InChI is InChI=1S/C9H17N3/c1-8-4-5-12(11-8)7-9(2,3)6-10/h4-5H,6-7,10H2,1-3H3. The van der Waals surface area contributed by atoms with E-state index in [4.69, 9.17) is 5.73 Å². The zero-order valence-corrected chi connectivity index (χ0v) is 8.04. The second-order valence-electron chi connectivity index (χ2n) is 4.02. The summed E-state index contributed by atoms with van der Waals surface area (Å²) >= 11 is 0. The molecule has 0 saturated heterocycles. The zero-order valence-electron chi connectivity index (χ0n) is 8.04. The Balaban J connectivity index is 2.63. The van der Waals surface area contributed by atoms with Gasteiger partial charge in [0.15, 0.2) is 0 Å². The summed E-state index contributed by atoms with van der Waals surface area (Å²) in [6.45, 7) is 7.85. The van der Waals surface area contributed by atoms with Crippen LogP contribution in [-0.2, 0) is 6.54 Å². The molecule has 1 aromatic heterocycles. The van der Waals surface area contributed by atoms with Crippen LogP contribution in [-0.4, -0.2) is 16.3 Å². The molecule has 0 unspecified atom stereocenters. The van der Waals surface area contributed by atoms with Crippen LogP contribution in [0.5, 0.6) is 0 Å². The second kappa shape index (κ2) is 3.27. The van der Waals surface area contributed by atoms with E-state index < -0.39 is 0 Å². The van der Waals surface area contributed by atoms with Crippen LogP contribution in [0.25, 0.3) is 0 Å². The summed E-state index contributed by atoms with van der Waals surface area (Å²) in [6, 6.07) is 2.01. The van der Waals surface area contributed by atoms with E-state index in [2.05, 4.69) is 18.9 Å². The van der Waals surface area contributed by atoms with Crippen LogP contribution in [0.2, 0.25) is 0 Å². The molecule has 0 bridgehead atoms. The van der Waals surface area contributed by atoms with Gasteiger partial charge in [0.05, 0.1) is 5.69 Å². The Morgan fingerprint density at radius 1 is 1.58 bits per heavy atom. The quantitative estimate of drug-likeness (QED) is 0.734. The van der Waals surface area contributed by atoms with E-state index in [1.54, 1.807) is 0 Å². The highest BCUT2D eigenvalue weighted by atomic mass is 15.3. The number of aryl methyl sites for hydroxylation is 1. The van der Waals surface area contributed by atoms with Crippen LogP contribution in [0.1, 0.15) is 19.5 Å². The van der Waals surface area contributed by atoms with Gasteiger partial charge in [0.1, 0.15) is 0 Å². The van der Waals surface area contributed by atoms with E-state index in [-0.39, 0.29) is 5.41 Å². The summed E-state index contributed by atoms with van der Waals surface area (Å²) < 4.78 is 1.95. The molecule has 3 heteroatoms. The van der Waals surface area contributed by atoms with Crippen LogP contribution in [0.4, 0.5) is 0 Å². The molecule has 0 radical (unpaired) electrons. The summed E-state index contributed by atoms with van der Waals surface area (Å²) in [5.74, 6) is 0. The maximum atomic E-state index is 5.62. The van der Waals surface area contributed by atoms with Gasteiger partial charge in [0, 0.05) is 12.7 Å². The van der Waals surface area contributed by atoms with E-state index in [9.17, 15) is 0 Å². The largest absolute Gasteiger partial charge is 0.330 e. The molecule has 12 heavy (non-hydrogen) atoms. The van der Waals surface area contributed by atoms with Gasteiger partial charge < -0.3 is 5.73 Å². The van der Waals surface area contributed by atoms with Crippen LogP contribution in [0.15, 0.2) is 12.3 Å². The lowest BCUT2D eigenvalue weighted by Crippen LogP contribution is -2.28. The summed E-state index contributed by atoms with van der Waals surface area (Å²) in [5.41, 5.74) is 6.82. The van der Waals surface area contributed by atoms with Crippen LogP contribution in [0, 0.1) is 12.3 Å². The van der Waals surface area contributed by atoms with Crippen molar-refractivity contribution in [3.63, 3.8) is 0 Å². The lowest BCUT2D eigenvalue weighted by molar-refractivity contribution is 0.301. The predicted molar refractivity (Wildman–Crippen MR) is 49.8 cm³/mol. The van der Waals surface area contributed by atoms with Crippen molar-refractivity contribution in [2.24, 2.45) is 11.1 Å². The van der Waals surface area contributed by atoms with Crippen molar-refractivity contribution in [2.75, 3.05) is 6.54 Å². The first-order valence-electron chi connectivity index (χ1n) is 4.24. The zero-order chi connectivity index (χ0) is 9.19. The summed E-state index contributed by atoms with van der Waals surface area (Å²) in [6.07, 6.45) is 1.99. The minimum absolute atomic E-state index is 0.137. The Morgan fingerprint density at radius 2 is 2.25 bits per heavy atom. The van der Waals surface area contributed by atoms with Gasteiger partial charge in [-0.2, -0.15) is 5.10 Å². The third kappa shape index (κ3) is 2.34. The minimum atomic E-state index is 0.137. The molecule has 1 rings (SSSR count). The fraction of sp³-hybridized carbons (Fsp3) is 0.667. The molecule has 0 aliphatic rings. The molecule has 3 nitrogen and oxygen atoms in total. The SMILES string of the molecule is Cc1ccn(CC(C)(C)CN)n1. The van der Waals surface area contributed by atoms with Crippen molar-refractivity contribution in [2.45, 2.75) is 27.3 Å². The molecule has 0 aromatic carbocycles. The van der Waals surface area contributed by atoms with E-state index in [1.165, 1.54) is 0 Å². The lowest BCUT2D eigenvalue weighted by Gasteiger charge is -2.21. The molecule has 0 spiro atoms. The van der Waals surface area contributed by atoms with Crippen molar-refractivity contribution >= 4 is 0 Å². The number of nitrogens with zero attached hydrogens (tertiary/aromatic N) is 2. The molecule has 0 aliphatic heterocycles. The Morgan fingerprint density at radius 3 is 2.67 bits per heavy atom. The highest BCUT2D eigenvalue weighted by Crippen LogP contribution is 2.15. The highest BCUT2D eigenvalue weighted by molar-refractivity contribution is 4.95.